The van der Waals surface area contributed by atoms with Crippen molar-refractivity contribution in [2.45, 2.75) is 25.5 Å². The first-order valence-electron chi connectivity index (χ1n) is 8.53. The number of aliphatic imine (C=N–C) groups is 1. The molecule has 0 amide bonds. The van der Waals surface area contributed by atoms with Crippen molar-refractivity contribution < 1.29 is 5.11 Å². The molecule has 0 aromatic carbocycles. The van der Waals surface area contributed by atoms with Gasteiger partial charge >= 0.3 is 0 Å². The molecule has 2 atom stereocenters. The second-order valence-electron chi connectivity index (χ2n) is 6.17. The Morgan fingerprint density at radius 2 is 2.25 bits per heavy atom. The van der Waals surface area contributed by atoms with E-state index in [0.717, 1.165) is 50.0 Å². The highest BCUT2D eigenvalue weighted by molar-refractivity contribution is 7.16. The molecule has 3 heterocycles. The van der Waals surface area contributed by atoms with Crippen LogP contribution in [0.1, 0.15) is 24.3 Å². The fourth-order valence-electron chi connectivity index (χ4n) is 3.22. The fraction of sp³-hybridized carbons (Fsp3) is 0.588. The van der Waals surface area contributed by atoms with Crippen LogP contribution < -0.4 is 5.32 Å². The summed E-state index contributed by atoms with van der Waals surface area (Å²) in [5.74, 6) is 0.897. The molecule has 7 heteroatoms. The Bertz CT molecular complexity index is 595. The molecule has 132 valence electrons. The maximum absolute atomic E-state index is 10.3. The van der Waals surface area contributed by atoms with E-state index in [9.17, 15) is 5.11 Å². The van der Waals surface area contributed by atoms with Gasteiger partial charge in [0.1, 0.15) is 6.10 Å². The van der Waals surface area contributed by atoms with E-state index >= 15 is 0 Å². The van der Waals surface area contributed by atoms with Gasteiger partial charge < -0.3 is 15.3 Å². The fourth-order valence-corrected chi connectivity index (χ4v) is 4.26. The van der Waals surface area contributed by atoms with Crippen molar-refractivity contribution in [3.8, 4) is 0 Å². The molecule has 2 unspecified atom stereocenters. The zero-order chi connectivity index (χ0) is 16.9. The maximum Gasteiger partial charge on any atom is 0.194 e. The third-order valence-electron chi connectivity index (χ3n) is 4.50. The first-order chi connectivity index (χ1) is 11.7. The molecule has 2 aliphatic heterocycles. The molecular formula is C17H25ClN4OS. The first-order valence-corrected chi connectivity index (χ1v) is 9.72. The van der Waals surface area contributed by atoms with Crippen molar-refractivity contribution in [1.29, 1.82) is 0 Å². The number of likely N-dealkylation sites (tertiary alicyclic amines) is 1. The van der Waals surface area contributed by atoms with E-state index in [1.165, 1.54) is 11.3 Å². The summed E-state index contributed by atoms with van der Waals surface area (Å²) in [4.78, 5) is 10.3. The minimum absolute atomic E-state index is 0.353. The molecule has 2 aliphatic rings. The second-order valence-corrected chi connectivity index (χ2v) is 7.91. The predicted octanol–water partition coefficient (Wildman–Crippen LogP) is 2.35. The Hall–Kier alpha value is -1.08. The molecule has 1 fully saturated rings. The topological polar surface area (TPSA) is 51.1 Å². The summed E-state index contributed by atoms with van der Waals surface area (Å²) in [5, 5.41) is 13.7. The maximum atomic E-state index is 10.3. The van der Waals surface area contributed by atoms with Crippen molar-refractivity contribution in [2.24, 2.45) is 4.99 Å². The molecule has 1 aromatic heterocycles. The zero-order valence-electron chi connectivity index (χ0n) is 14.0. The van der Waals surface area contributed by atoms with Gasteiger partial charge in [0.15, 0.2) is 5.96 Å². The number of rotatable bonds is 5. The van der Waals surface area contributed by atoms with Gasteiger partial charge in [0.2, 0.25) is 0 Å². The average molecular weight is 369 g/mol. The van der Waals surface area contributed by atoms with E-state index in [2.05, 4.69) is 39.2 Å². The quantitative estimate of drug-likeness (QED) is 0.476. The molecule has 24 heavy (non-hydrogen) atoms. The Balaban J connectivity index is 1.59. The van der Waals surface area contributed by atoms with Crippen LogP contribution in [0, 0.1) is 0 Å². The number of hydrogen-bond acceptors (Lipinski definition) is 4. The molecule has 0 saturated carbocycles. The lowest BCUT2D eigenvalue weighted by Gasteiger charge is -2.25. The number of aliphatic hydroxyl groups is 1. The van der Waals surface area contributed by atoms with E-state index in [4.69, 9.17) is 11.6 Å². The molecule has 2 N–H and O–H groups in total. The Kier molecular flexibility index (Phi) is 6.16. The van der Waals surface area contributed by atoms with Crippen molar-refractivity contribution >= 4 is 28.9 Å². The van der Waals surface area contributed by atoms with Crippen LogP contribution >= 0.6 is 22.9 Å². The highest BCUT2D eigenvalue weighted by Crippen LogP contribution is 2.27. The van der Waals surface area contributed by atoms with E-state index in [0.29, 0.717) is 16.9 Å². The van der Waals surface area contributed by atoms with Crippen LogP contribution in [0.25, 0.3) is 0 Å². The number of halogens is 1. The molecule has 0 spiro atoms. The molecule has 0 aliphatic carbocycles. The van der Waals surface area contributed by atoms with E-state index < -0.39 is 6.10 Å². The lowest BCUT2D eigenvalue weighted by atomic mass is 10.2. The van der Waals surface area contributed by atoms with Gasteiger partial charge in [-0.3, -0.25) is 9.89 Å². The summed E-state index contributed by atoms with van der Waals surface area (Å²) in [7, 11) is 0. The summed E-state index contributed by atoms with van der Waals surface area (Å²) in [5.41, 5.74) is 0. The summed E-state index contributed by atoms with van der Waals surface area (Å²) in [6.07, 6.45) is 5.04. The summed E-state index contributed by atoms with van der Waals surface area (Å²) < 4.78 is 0.696. The summed E-state index contributed by atoms with van der Waals surface area (Å²) in [6.45, 7) is 7.37. The van der Waals surface area contributed by atoms with Crippen molar-refractivity contribution in [3.05, 3.63) is 33.5 Å². The smallest absolute Gasteiger partial charge is 0.194 e. The van der Waals surface area contributed by atoms with Gasteiger partial charge in [-0.05, 0) is 25.5 Å². The van der Waals surface area contributed by atoms with Gasteiger partial charge in [-0.2, -0.15) is 0 Å². The highest BCUT2D eigenvalue weighted by atomic mass is 35.5. The van der Waals surface area contributed by atoms with Crippen LogP contribution in [0.3, 0.4) is 0 Å². The van der Waals surface area contributed by atoms with Gasteiger partial charge in [0.05, 0.1) is 10.9 Å². The van der Waals surface area contributed by atoms with Gasteiger partial charge in [0, 0.05) is 43.6 Å². The molecular weight excluding hydrogens is 344 g/mol. The lowest BCUT2D eigenvalue weighted by molar-refractivity contribution is 0.190. The molecule has 3 rings (SSSR count). The predicted molar refractivity (Wildman–Crippen MR) is 101 cm³/mol. The molecule has 5 nitrogen and oxygen atoms in total. The molecule has 1 saturated heterocycles. The van der Waals surface area contributed by atoms with Gasteiger partial charge in [-0.25, -0.2) is 0 Å². The SMILES string of the molecule is CCNC(=NCC(O)c1ccc(Cl)s1)N1CCC(N2CC=CC2)C1. The number of nitrogens with zero attached hydrogens (tertiary/aromatic N) is 3. The third-order valence-corrected chi connectivity index (χ3v) is 5.83. The van der Waals surface area contributed by atoms with Crippen LogP contribution in [0.4, 0.5) is 0 Å². The molecule has 0 radical (unpaired) electrons. The van der Waals surface area contributed by atoms with Gasteiger partial charge in [-0.1, -0.05) is 23.8 Å². The molecule has 0 bridgehead atoms. The lowest BCUT2D eigenvalue weighted by Crippen LogP contribution is -2.43. The third kappa shape index (κ3) is 4.30. The van der Waals surface area contributed by atoms with Crippen LogP contribution in [0.2, 0.25) is 4.34 Å². The minimum atomic E-state index is -0.600. The number of nitrogens with one attached hydrogen (secondary N) is 1. The van der Waals surface area contributed by atoms with Crippen molar-refractivity contribution in [1.82, 2.24) is 15.1 Å². The second kappa shape index (κ2) is 8.34. The average Bonchev–Trinajstić information content (AvgIpc) is 3.30. The largest absolute Gasteiger partial charge is 0.386 e. The van der Waals surface area contributed by atoms with Crippen molar-refractivity contribution in [2.75, 3.05) is 39.3 Å². The Morgan fingerprint density at radius 3 is 2.92 bits per heavy atom. The molecule has 1 aromatic rings. The van der Waals surface area contributed by atoms with Crippen LogP contribution in [0.5, 0.6) is 0 Å². The number of hydrogen-bond donors (Lipinski definition) is 2. The summed E-state index contributed by atoms with van der Waals surface area (Å²) in [6, 6.07) is 4.27. The van der Waals surface area contributed by atoms with Crippen molar-refractivity contribution in [3.63, 3.8) is 0 Å². The number of thiophene rings is 1. The van der Waals surface area contributed by atoms with E-state index in [1.54, 1.807) is 0 Å². The Morgan fingerprint density at radius 1 is 1.46 bits per heavy atom. The van der Waals surface area contributed by atoms with E-state index in [-0.39, 0.29) is 0 Å². The minimum Gasteiger partial charge on any atom is -0.386 e. The monoisotopic (exact) mass is 368 g/mol. The van der Waals surface area contributed by atoms with E-state index in [1.807, 2.05) is 12.1 Å². The number of guanidine groups is 1. The van der Waals surface area contributed by atoms with Crippen LogP contribution in [0.15, 0.2) is 29.3 Å². The first kappa shape index (κ1) is 17.7. The van der Waals surface area contributed by atoms with Crippen LogP contribution in [-0.4, -0.2) is 66.2 Å². The van der Waals surface area contributed by atoms with Gasteiger partial charge in [-0.15, -0.1) is 11.3 Å². The summed E-state index contributed by atoms with van der Waals surface area (Å²) >= 11 is 7.35. The standard InChI is InChI=1S/C17H25ClN4OS/c1-2-19-17(20-11-14(23)15-5-6-16(18)24-15)22-10-7-13(12-22)21-8-3-4-9-21/h3-6,13-14,23H,2,7-12H2,1H3,(H,19,20). The number of aliphatic hydroxyl groups excluding tert-OH is 1. The van der Waals surface area contributed by atoms with Crippen LogP contribution in [-0.2, 0) is 0 Å². The Labute approximate surface area is 152 Å². The van der Waals surface area contributed by atoms with Gasteiger partial charge in [0.25, 0.3) is 0 Å². The normalized spacial score (nSPS) is 23.2. The highest BCUT2D eigenvalue weighted by Gasteiger charge is 2.29. The zero-order valence-corrected chi connectivity index (χ0v) is 15.6.